The number of aromatic hydroxyl groups is 2. The number of thioether (sulfide) groups is 2. The highest BCUT2D eigenvalue weighted by atomic mass is 32.2. The van der Waals surface area contributed by atoms with E-state index in [1.165, 1.54) is 11.1 Å². The van der Waals surface area contributed by atoms with Crippen molar-refractivity contribution in [2.24, 2.45) is 9.98 Å². The van der Waals surface area contributed by atoms with Crippen molar-refractivity contribution < 1.29 is 10.2 Å². The lowest BCUT2D eigenvalue weighted by atomic mass is 9.78. The number of benzene rings is 5. The molecule has 0 heterocycles. The molecule has 57 heavy (non-hydrogen) atoms. The zero-order valence-corrected chi connectivity index (χ0v) is 38.6. The fraction of sp³-hybridized carbons (Fsp3) is 0.373. The van der Waals surface area contributed by atoms with Crippen LogP contribution in [-0.4, -0.2) is 34.1 Å². The number of para-hydroxylation sites is 2. The van der Waals surface area contributed by atoms with Gasteiger partial charge in [-0.2, -0.15) is 0 Å². The molecule has 0 atom stereocenters. The van der Waals surface area contributed by atoms with E-state index in [4.69, 9.17) is 9.98 Å². The van der Waals surface area contributed by atoms with Gasteiger partial charge in [0.05, 0.1) is 17.1 Å². The normalized spacial score (nSPS) is 13.0. The molecule has 0 fully saturated rings. The Morgan fingerprint density at radius 3 is 1.28 bits per heavy atom. The first-order valence-electron chi connectivity index (χ1n) is 19.7. The second kappa shape index (κ2) is 18.1. The lowest BCUT2D eigenvalue weighted by Crippen LogP contribution is -2.19. The van der Waals surface area contributed by atoms with Gasteiger partial charge >= 0.3 is 0 Å². The summed E-state index contributed by atoms with van der Waals surface area (Å²) in [6.45, 7) is 28.0. The standard InChI is InChI=1S/C28H33NOS.C23H31NOS/c1-27(2,3)20-17-21(26(30)22(18-20)28(4,5)6)25(19-13-9-8-10-14-19)29-23-15-11-12-16-24(23)31-7;1-15(24-19-11-9-10-12-20(19)26-8)17-13-16(22(2,3)4)14-18(21(17)25)23(5,6)7/h8-18,30H,1-7H3;9-14,25H,1-8H3. The Labute approximate surface area is 352 Å². The molecule has 4 nitrogen and oxygen atoms in total. The molecule has 0 aliphatic rings. The first kappa shape index (κ1) is 45.4. The van der Waals surface area contributed by atoms with Crippen LogP contribution in [0.3, 0.4) is 0 Å². The van der Waals surface area contributed by atoms with Crippen molar-refractivity contribution in [3.63, 3.8) is 0 Å². The largest absolute Gasteiger partial charge is 0.507 e. The fourth-order valence-electron chi connectivity index (χ4n) is 6.42. The number of rotatable bonds is 7. The van der Waals surface area contributed by atoms with Gasteiger partial charge in [0.1, 0.15) is 11.5 Å². The summed E-state index contributed by atoms with van der Waals surface area (Å²) in [6, 6.07) is 34.9. The van der Waals surface area contributed by atoms with Crippen LogP contribution in [-0.2, 0) is 21.7 Å². The van der Waals surface area contributed by atoms with Crippen LogP contribution in [0, 0.1) is 0 Å². The van der Waals surface area contributed by atoms with Crippen molar-refractivity contribution in [3.8, 4) is 11.5 Å². The molecule has 0 saturated carbocycles. The van der Waals surface area contributed by atoms with Crippen molar-refractivity contribution >= 4 is 46.3 Å². The molecule has 302 valence electrons. The van der Waals surface area contributed by atoms with Gasteiger partial charge in [0, 0.05) is 43.3 Å². The Morgan fingerprint density at radius 2 is 0.860 bits per heavy atom. The summed E-state index contributed by atoms with van der Waals surface area (Å²) in [5.41, 5.74) is 9.97. The maximum absolute atomic E-state index is 11.5. The van der Waals surface area contributed by atoms with Crippen LogP contribution in [0.25, 0.3) is 0 Å². The minimum atomic E-state index is -0.195. The summed E-state index contributed by atoms with van der Waals surface area (Å²) in [6.07, 6.45) is 4.12. The van der Waals surface area contributed by atoms with Crippen molar-refractivity contribution in [2.45, 2.75) is 121 Å². The quantitative estimate of drug-likeness (QED) is 0.127. The van der Waals surface area contributed by atoms with Gasteiger partial charge in [0.25, 0.3) is 0 Å². The van der Waals surface area contributed by atoms with Crippen LogP contribution in [0.4, 0.5) is 11.4 Å². The maximum atomic E-state index is 11.5. The van der Waals surface area contributed by atoms with E-state index in [9.17, 15) is 10.2 Å². The highest BCUT2D eigenvalue weighted by Crippen LogP contribution is 2.41. The predicted octanol–water partition coefficient (Wildman–Crippen LogP) is 14.7. The third-order valence-electron chi connectivity index (χ3n) is 9.95. The van der Waals surface area contributed by atoms with E-state index in [0.717, 1.165) is 60.4 Å². The Kier molecular flexibility index (Phi) is 14.4. The van der Waals surface area contributed by atoms with Crippen LogP contribution in [0.15, 0.2) is 123 Å². The van der Waals surface area contributed by atoms with Gasteiger partial charge in [-0.1, -0.05) is 150 Å². The average Bonchev–Trinajstić information content (AvgIpc) is 3.13. The summed E-state index contributed by atoms with van der Waals surface area (Å²) >= 11 is 3.36. The van der Waals surface area contributed by atoms with Crippen LogP contribution in [0.5, 0.6) is 11.5 Å². The van der Waals surface area contributed by atoms with E-state index in [0.29, 0.717) is 11.5 Å². The number of phenols is 2. The fourth-order valence-corrected chi connectivity index (χ4v) is 7.49. The van der Waals surface area contributed by atoms with Crippen molar-refractivity contribution in [3.05, 3.63) is 142 Å². The highest BCUT2D eigenvalue weighted by Gasteiger charge is 2.28. The second-order valence-electron chi connectivity index (χ2n) is 18.7. The smallest absolute Gasteiger partial charge is 0.128 e. The van der Waals surface area contributed by atoms with Gasteiger partial charge in [-0.25, -0.2) is 4.99 Å². The second-order valence-corrected chi connectivity index (χ2v) is 20.4. The first-order valence-corrected chi connectivity index (χ1v) is 22.1. The van der Waals surface area contributed by atoms with E-state index >= 15 is 0 Å². The molecule has 5 rings (SSSR count). The van der Waals surface area contributed by atoms with Crippen LogP contribution >= 0.6 is 23.5 Å². The molecule has 0 aliphatic heterocycles. The molecular weight excluding hydrogens is 737 g/mol. The average molecular weight is 801 g/mol. The Hall–Kier alpha value is -4.26. The number of hydrogen-bond acceptors (Lipinski definition) is 6. The molecule has 0 amide bonds. The number of phenolic OH excluding ortho intramolecular Hbond substituents is 2. The predicted molar refractivity (Wildman–Crippen MR) is 251 cm³/mol. The molecule has 0 unspecified atom stereocenters. The van der Waals surface area contributed by atoms with E-state index in [2.05, 4.69) is 144 Å². The summed E-state index contributed by atoms with van der Waals surface area (Å²) in [7, 11) is 0. The molecular formula is C51H64N2O2S2. The molecule has 0 spiro atoms. The summed E-state index contributed by atoms with van der Waals surface area (Å²) < 4.78 is 0. The maximum Gasteiger partial charge on any atom is 0.128 e. The summed E-state index contributed by atoms with van der Waals surface area (Å²) in [4.78, 5) is 12.2. The molecule has 6 heteroatoms. The van der Waals surface area contributed by atoms with Gasteiger partial charge in [-0.05, 0) is 88.6 Å². The van der Waals surface area contributed by atoms with Crippen molar-refractivity contribution in [1.82, 2.24) is 0 Å². The minimum Gasteiger partial charge on any atom is -0.507 e. The summed E-state index contributed by atoms with van der Waals surface area (Å²) in [5.74, 6) is 0.651. The van der Waals surface area contributed by atoms with E-state index < -0.39 is 0 Å². The first-order chi connectivity index (χ1) is 26.5. The third kappa shape index (κ3) is 11.4. The van der Waals surface area contributed by atoms with Crippen molar-refractivity contribution in [2.75, 3.05) is 12.5 Å². The van der Waals surface area contributed by atoms with Gasteiger partial charge < -0.3 is 10.2 Å². The lowest BCUT2D eigenvalue weighted by Gasteiger charge is -2.28. The van der Waals surface area contributed by atoms with E-state index in [1.807, 2.05) is 61.5 Å². The van der Waals surface area contributed by atoms with E-state index in [1.54, 1.807) is 23.5 Å². The van der Waals surface area contributed by atoms with E-state index in [-0.39, 0.29) is 21.7 Å². The molecule has 0 radical (unpaired) electrons. The molecule has 0 bridgehead atoms. The Bertz CT molecular complexity index is 2230. The lowest BCUT2D eigenvalue weighted by molar-refractivity contribution is 0.442. The van der Waals surface area contributed by atoms with Crippen molar-refractivity contribution in [1.29, 1.82) is 0 Å². The van der Waals surface area contributed by atoms with Gasteiger partial charge in [-0.3, -0.25) is 4.99 Å². The Morgan fingerprint density at radius 1 is 0.474 bits per heavy atom. The van der Waals surface area contributed by atoms with Crippen LogP contribution in [0.2, 0.25) is 0 Å². The van der Waals surface area contributed by atoms with Gasteiger partial charge in [0.15, 0.2) is 0 Å². The molecule has 0 aliphatic carbocycles. The van der Waals surface area contributed by atoms with Gasteiger partial charge in [0.2, 0.25) is 0 Å². The van der Waals surface area contributed by atoms with Crippen LogP contribution < -0.4 is 0 Å². The SMILES string of the molecule is CSc1ccccc1N=C(C)c1cc(C(C)(C)C)cc(C(C)(C)C)c1O.CSc1ccccc1N=C(c1ccccc1)c1cc(C(C)(C)C)cc(C(C)(C)C)c1O. The monoisotopic (exact) mass is 800 g/mol. The summed E-state index contributed by atoms with van der Waals surface area (Å²) in [5, 5.41) is 22.5. The Balaban J connectivity index is 0.000000257. The number of nitrogens with zero attached hydrogens (tertiary/aromatic N) is 2. The van der Waals surface area contributed by atoms with Gasteiger partial charge in [-0.15, -0.1) is 23.5 Å². The zero-order valence-electron chi connectivity index (χ0n) is 36.9. The topological polar surface area (TPSA) is 65.2 Å². The minimum absolute atomic E-state index is 0.0000916. The molecule has 2 N–H and O–H groups in total. The van der Waals surface area contributed by atoms with Crippen LogP contribution in [0.1, 0.15) is 129 Å². The molecule has 0 aromatic heterocycles. The number of hydrogen-bond donors (Lipinski definition) is 2. The number of aliphatic imine (C=N–C) groups is 2. The third-order valence-corrected chi connectivity index (χ3v) is 11.5. The molecule has 5 aromatic carbocycles. The molecule has 0 saturated heterocycles. The highest BCUT2D eigenvalue weighted by molar-refractivity contribution is 7.99. The molecule has 5 aromatic rings. The zero-order chi connectivity index (χ0) is 42.5.